The summed E-state index contributed by atoms with van der Waals surface area (Å²) in [6.45, 7) is 3.55. The number of hydrogen-bond acceptors (Lipinski definition) is 5. The number of nitrogens with zero attached hydrogens (tertiary/aromatic N) is 2. The second-order valence-corrected chi connectivity index (χ2v) is 6.00. The molecule has 0 aliphatic carbocycles. The van der Waals surface area contributed by atoms with Crippen LogP contribution in [-0.2, 0) is 12.1 Å². The first-order valence-corrected chi connectivity index (χ1v) is 7.61. The number of rotatable bonds is 5. The van der Waals surface area contributed by atoms with Gasteiger partial charge in [0.25, 0.3) is 0 Å². The summed E-state index contributed by atoms with van der Waals surface area (Å²) in [5.41, 5.74) is 0.898. The van der Waals surface area contributed by atoms with Gasteiger partial charge in [-0.15, -0.1) is 0 Å². The minimum Gasteiger partial charge on any atom is -0.497 e. The van der Waals surface area contributed by atoms with E-state index >= 15 is 0 Å². The van der Waals surface area contributed by atoms with E-state index in [1.165, 1.54) is 0 Å². The zero-order valence-corrected chi connectivity index (χ0v) is 13.0. The maximum atomic E-state index is 11.1. The fourth-order valence-corrected chi connectivity index (χ4v) is 3.30. The molecule has 1 aromatic carbocycles. The molecule has 1 aliphatic heterocycles. The van der Waals surface area contributed by atoms with E-state index in [0.717, 1.165) is 36.4 Å². The molecule has 0 unspecified atom stereocenters. The summed E-state index contributed by atoms with van der Waals surface area (Å²) in [5.74, 6) is 0.797. The van der Waals surface area contributed by atoms with Crippen molar-refractivity contribution < 1.29 is 14.4 Å². The summed E-state index contributed by atoms with van der Waals surface area (Å²) < 4.78 is 10.1. The quantitative estimate of drug-likeness (QED) is 0.920. The van der Waals surface area contributed by atoms with Crippen LogP contribution >= 0.6 is 0 Å². The molecule has 2 heterocycles. The van der Waals surface area contributed by atoms with E-state index in [1.807, 2.05) is 37.3 Å². The van der Waals surface area contributed by atoms with E-state index in [4.69, 9.17) is 9.26 Å². The van der Waals surface area contributed by atoms with E-state index in [-0.39, 0.29) is 6.04 Å². The van der Waals surface area contributed by atoms with Crippen molar-refractivity contribution >= 4 is 0 Å². The molecule has 2 atom stereocenters. The Labute approximate surface area is 130 Å². The molecular formula is C17H22N2O3. The summed E-state index contributed by atoms with van der Waals surface area (Å²) in [6.07, 6.45) is 3.63. The van der Waals surface area contributed by atoms with Crippen LogP contribution in [0.3, 0.4) is 0 Å². The minimum atomic E-state index is -0.910. The third-order valence-corrected chi connectivity index (χ3v) is 4.54. The third kappa shape index (κ3) is 2.87. The van der Waals surface area contributed by atoms with Gasteiger partial charge < -0.3 is 14.4 Å². The number of methoxy groups -OCH3 is 1. The van der Waals surface area contributed by atoms with Crippen LogP contribution in [0.5, 0.6) is 5.75 Å². The van der Waals surface area contributed by atoms with Gasteiger partial charge in [-0.2, -0.15) is 0 Å². The summed E-state index contributed by atoms with van der Waals surface area (Å²) in [5, 5.41) is 15.1. The molecule has 1 aliphatic rings. The van der Waals surface area contributed by atoms with Crippen molar-refractivity contribution in [1.82, 2.24) is 10.1 Å². The summed E-state index contributed by atoms with van der Waals surface area (Å²) in [6, 6.07) is 9.59. The zero-order chi connectivity index (χ0) is 15.6. The zero-order valence-electron chi connectivity index (χ0n) is 13.0. The average Bonchev–Trinajstić information content (AvgIpc) is 3.20. The monoisotopic (exact) mass is 302 g/mol. The van der Waals surface area contributed by atoms with Crippen LogP contribution in [0, 0.1) is 0 Å². The van der Waals surface area contributed by atoms with Crippen molar-refractivity contribution in [3.63, 3.8) is 0 Å². The number of aromatic nitrogens is 1. The van der Waals surface area contributed by atoms with Gasteiger partial charge in [0.1, 0.15) is 17.6 Å². The van der Waals surface area contributed by atoms with Gasteiger partial charge in [-0.05, 0) is 44.0 Å². The van der Waals surface area contributed by atoms with Gasteiger partial charge in [-0.1, -0.05) is 17.3 Å². The largest absolute Gasteiger partial charge is 0.497 e. The van der Waals surface area contributed by atoms with Crippen LogP contribution in [0.25, 0.3) is 0 Å². The van der Waals surface area contributed by atoms with E-state index < -0.39 is 5.60 Å². The highest BCUT2D eigenvalue weighted by molar-refractivity contribution is 5.31. The predicted molar refractivity (Wildman–Crippen MR) is 82.5 cm³/mol. The Hall–Kier alpha value is -1.85. The second kappa shape index (κ2) is 6.10. The number of likely N-dealkylation sites (tertiary alicyclic amines) is 1. The Bertz CT molecular complexity index is 593. The van der Waals surface area contributed by atoms with Gasteiger partial charge in [-0.25, -0.2) is 0 Å². The van der Waals surface area contributed by atoms with Crippen LogP contribution in [0.2, 0.25) is 0 Å². The average molecular weight is 302 g/mol. The van der Waals surface area contributed by atoms with Gasteiger partial charge in [0, 0.05) is 18.7 Å². The lowest BCUT2D eigenvalue weighted by molar-refractivity contribution is -0.0259. The minimum absolute atomic E-state index is 0.0672. The summed E-state index contributed by atoms with van der Waals surface area (Å²) in [4.78, 5) is 2.28. The summed E-state index contributed by atoms with van der Waals surface area (Å²) in [7, 11) is 1.64. The molecule has 1 saturated heterocycles. The smallest absolute Gasteiger partial charge is 0.124 e. The normalized spacial score (nSPS) is 21.7. The van der Waals surface area contributed by atoms with E-state index in [1.54, 1.807) is 13.4 Å². The van der Waals surface area contributed by atoms with Crippen LogP contribution in [0.1, 0.15) is 31.0 Å². The number of benzene rings is 1. The van der Waals surface area contributed by atoms with Gasteiger partial charge in [0.2, 0.25) is 0 Å². The van der Waals surface area contributed by atoms with Crippen LogP contribution < -0.4 is 4.74 Å². The third-order valence-electron chi connectivity index (χ3n) is 4.54. The molecule has 22 heavy (non-hydrogen) atoms. The highest BCUT2D eigenvalue weighted by Gasteiger charge is 2.40. The van der Waals surface area contributed by atoms with Crippen molar-refractivity contribution in [1.29, 1.82) is 0 Å². The Balaban J connectivity index is 1.79. The van der Waals surface area contributed by atoms with Crippen molar-refractivity contribution in [2.24, 2.45) is 0 Å². The van der Waals surface area contributed by atoms with Gasteiger partial charge >= 0.3 is 0 Å². The Morgan fingerprint density at radius 2 is 2.14 bits per heavy atom. The molecule has 0 amide bonds. The molecule has 5 nitrogen and oxygen atoms in total. The first-order chi connectivity index (χ1) is 10.6. The standard InChI is InChI=1S/C17H22N2O3/c1-17(20,13-5-7-15(21-2)8-6-13)16-4-3-10-19(16)12-14-9-11-22-18-14/h5-9,11,16,20H,3-4,10,12H2,1-2H3/t16-,17+/m0/s1. The molecule has 0 spiro atoms. The van der Waals surface area contributed by atoms with Crippen molar-refractivity contribution in [3.05, 3.63) is 47.9 Å². The molecule has 2 aromatic rings. The fourth-order valence-electron chi connectivity index (χ4n) is 3.30. The Morgan fingerprint density at radius 3 is 2.77 bits per heavy atom. The van der Waals surface area contributed by atoms with Gasteiger partial charge in [-0.3, -0.25) is 4.90 Å². The number of ether oxygens (including phenoxy) is 1. The lowest BCUT2D eigenvalue weighted by Crippen LogP contribution is -2.45. The van der Waals surface area contributed by atoms with E-state index in [0.29, 0.717) is 6.54 Å². The maximum absolute atomic E-state index is 11.1. The first kappa shape index (κ1) is 15.1. The lowest BCUT2D eigenvalue weighted by atomic mass is 9.86. The molecule has 0 radical (unpaired) electrons. The van der Waals surface area contributed by atoms with Crippen molar-refractivity contribution in [3.8, 4) is 5.75 Å². The highest BCUT2D eigenvalue weighted by Crippen LogP contribution is 2.35. The SMILES string of the molecule is COc1ccc([C@@](C)(O)[C@@H]2CCCN2Cc2ccon2)cc1. The van der Waals surface area contributed by atoms with Crippen molar-refractivity contribution in [2.45, 2.75) is 38.0 Å². The summed E-state index contributed by atoms with van der Waals surface area (Å²) >= 11 is 0. The van der Waals surface area contributed by atoms with Crippen LogP contribution in [0.4, 0.5) is 0 Å². The highest BCUT2D eigenvalue weighted by atomic mass is 16.5. The fraction of sp³-hybridized carbons (Fsp3) is 0.471. The molecular weight excluding hydrogens is 280 g/mol. The van der Waals surface area contributed by atoms with Crippen LogP contribution in [-0.4, -0.2) is 34.9 Å². The van der Waals surface area contributed by atoms with E-state index in [2.05, 4.69) is 10.1 Å². The molecule has 118 valence electrons. The lowest BCUT2D eigenvalue weighted by Gasteiger charge is -2.36. The molecule has 1 fully saturated rings. The second-order valence-electron chi connectivity index (χ2n) is 6.00. The Morgan fingerprint density at radius 1 is 1.36 bits per heavy atom. The molecule has 3 rings (SSSR count). The Kier molecular flexibility index (Phi) is 4.18. The van der Waals surface area contributed by atoms with Gasteiger partial charge in [0.15, 0.2) is 0 Å². The first-order valence-electron chi connectivity index (χ1n) is 7.61. The van der Waals surface area contributed by atoms with Crippen molar-refractivity contribution in [2.75, 3.05) is 13.7 Å². The number of aliphatic hydroxyl groups is 1. The number of hydrogen-bond donors (Lipinski definition) is 1. The molecule has 0 saturated carbocycles. The molecule has 5 heteroatoms. The molecule has 1 N–H and O–H groups in total. The maximum Gasteiger partial charge on any atom is 0.124 e. The molecule has 1 aromatic heterocycles. The predicted octanol–water partition coefficient (Wildman–Crippen LogP) is 2.56. The van der Waals surface area contributed by atoms with Crippen LogP contribution in [0.15, 0.2) is 41.1 Å². The topological polar surface area (TPSA) is 58.7 Å². The van der Waals surface area contributed by atoms with E-state index in [9.17, 15) is 5.11 Å². The van der Waals surface area contributed by atoms with Gasteiger partial charge in [0.05, 0.1) is 12.8 Å². The molecule has 0 bridgehead atoms.